The van der Waals surface area contributed by atoms with Crippen molar-refractivity contribution in [1.29, 1.82) is 0 Å². The fourth-order valence-electron chi connectivity index (χ4n) is 2.16. The van der Waals surface area contributed by atoms with E-state index in [1.54, 1.807) is 6.33 Å². The Kier molecular flexibility index (Phi) is 1.80. The summed E-state index contributed by atoms with van der Waals surface area (Å²) in [5, 5.41) is 4.56. The van der Waals surface area contributed by atoms with E-state index in [0.29, 0.717) is 0 Å². The summed E-state index contributed by atoms with van der Waals surface area (Å²) in [7, 11) is 0. The molecular formula is C14H10N4. The Labute approximate surface area is 103 Å². The highest BCUT2D eigenvalue weighted by Gasteiger charge is 2.04. The molecule has 0 radical (unpaired) electrons. The fourth-order valence-corrected chi connectivity index (χ4v) is 2.16. The monoisotopic (exact) mass is 234 g/mol. The highest BCUT2D eigenvalue weighted by Crippen LogP contribution is 2.21. The van der Waals surface area contributed by atoms with Gasteiger partial charge in [-0.2, -0.15) is 5.10 Å². The predicted molar refractivity (Wildman–Crippen MR) is 69.4 cm³/mol. The average Bonchev–Trinajstić information content (AvgIpc) is 3.04. The summed E-state index contributed by atoms with van der Waals surface area (Å²) in [5.41, 5.74) is 4.25. The Hall–Kier alpha value is -2.62. The highest BCUT2D eigenvalue weighted by atomic mass is 15.2. The maximum atomic E-state index is 4.56. The van der Waals surface area contributed by atoms with E-state index in [0.717, 1.165) is 22.3 Å². The van der Waals surface area contributed by atoms with Gasteiger partial charge >= 0.3 is 0 Å². The van der Waals surface area contributed by atoms with Crippen LogP contribution in [0.3, 0.4) is 0 Å². The largest absolute Gasteiger partial charge is 0.306 e. The van der Waals surface area contributed by atoms with E-state index in [4.69, 9.17) is 0 Å². The van der Waals surface area contributed by atoms with Crippen molar-refractivity contribution in [1.82, 2.24) is 19.0 Å². The zero-order valence-corrected chi connectivity index (χ0v) is 9.56. The minimum atomic E-state index is 0.977. The molecule has 0 bridgehead atoms. The Balaban J connectivity index is 1.94. The number of nitrogens with zero attached hydrogens (tertiary/aromatic N) is 4. The molecule has 4 heterocycles. The highest BCUT2D eigenvalue weighted by molar-refractivity contribution is 5.69. The maximum absolute atomic E-state index is 4.56. The quantitative estimate of drug-likeness (QED) is 0.507. The molecule has 0 spiro atoms. The van der Waals surface area contributed by atoms with Crippen LogP contribution >= 0.6 is 0 Å². The van der Waals surface area contributed by atoms with Crippen molar-refractivity contribution >= 4 is 11.0 Å². The van der Waals surface area contributed by atoms with Gasteiger partial charge in [-0.3, -0.25) is 0 Å². The molecule has 0 fully saturated rings. The summed E-state index contributed by atoms with van der Waals surface area (Å²) in [6.07, 6.45) is 7.60. The lowest BCUT2D eigenvalue weighted by atomic mass is 10.2. The van der Waals surface area contributed by atoms with Crippen LogP contribution < -0.4 is 0 Å². The molecule has 0 amide bonds. The van der Waals surface area contributed by atoms with Crippen LogP contribution in [0.4, 0.5) is 0 Å². The van der Waals surface area contributed by atoms with Crippen molar-refractivity contribution in [3.8, 4) is 11.3 Å². The number of hydrogen-bond donors (Lipinski definition) is 0. The first-order valence-electron chi connectivity index (χ1n) is 5.77. The standard InChI is InChI=1S/C14H10N4/c1-2-5-18-12(3-1)8-14(16-18)11-4-6-17-10-15-9-13(17)7-11/h1-10H. The lowest BCUT2D eigenvalue weighted by Gasteiger charge is -1.97. The molecular weight excluding hydrogens is 224 g/mol. The zero-order chi connectivity index (χ0) is 11.9. The van der Waals surface area contributed by atoms with E-state index in [-0.39, 0.29) is 0 Å². The molecule has 4 rings (SSSR count). The second-order valence-electron chi connectivity index (χ2n) is 4.24. The fraction of sp³-hybridized carbons (Fsp3) is 0. The summed E-state index contributed by atoms with van der Waals surface area (Å²) in [6.45, 7) is 0. The first-order chi connectivity index (χ1) is 8.90. The van der Waals surface area contributed by atoms with E-state index < -0.39 is 0 Å². The third-order valence-corrected chi connectivity index (χ3v) is 3.08. The van der Waals surface area contributed by atoms with E-state index in [9.17, 15) is 0 Å². The van der Waals surface area contributed by atoms with Gasteiger partial charge in [0, 0.05) is 18.0 Å². The van der Waals surface area contributed by atoms with Gasteiger partial charge in [0.2, 0.25) is 0 Å². The van der Waals surface area contributed by atoms with Gasteiger partial charge in [0.25, 0.3) is 0 Å². The van der Waals surface area contributed by atoms with Crippen LogP contribution in [-0.4, -0.2) is 19.0 Å². The second-order valence-corrected chi connectivity index (χ2v) is 4.24. The number of rotatable bonds is 1. The summed E-state index contributed by atoms with van der Waals surface area (Å²) in [4.78, 5) is 4.12. The molecule has 86 valence electrons. The molecule has 4 nitrogen and oxygen atoms in total. The Bertz CT molecular complexity index is 808. The van der Waals surface area contributed by atoms with Crippen LogP contribution in [0.1, 0.15) is 0 Å². The number of pyridine rings is 2. The molecule has 0 aliphatic carbocycles. The van der Waals surface area contributed by atoms with Crippen LogP contribution in [0.25, 0.3) is 22.3 Å². The van der Waals surface area contributed by atoms with Crippen LogP contribution in [-0.2, 0) is 0 Å². The van der Waals surface area contributed by atoms with Gasteiger partial charge in [0.05, 0.1) is 29.3 Å². The second kappa shape index (κ2) is 3.43. The number of fused-ring (bicyclic) bond motifs is 2. The number of hydrogen-bond acceptors (Lipinski definition) is 2. The smallest absolute Gasteiger partial charge is 0.0991 e. The number of aromatic nitrogens is 4. The molecule has 18 heavy (non-hydrogen) atoms. The normalized spacial score (nSPS) is 11.3. The van der Waals surface area contributed by atoms with Crippen LogP contribution in [0.2, 0.25) is 0 Å². The average molecular weight is 234 g/mol. The molecule has 0 aliphatic rings. The molecule has 0 saturated carbocycles. The van der Waals surface area contributed by atoms with Crippen molar-refractivity contribution in [2.24, 2.45) is 0 Å². The van der Waals surface area contributed by atoms with Crippen molar-refractivity contribution in [3.63, 3.8) is 0 Å². The summed E-state index contributed by atoms with van der Waals surface area (Å²) >= 11 is 0. The molecule has 0 atom stereocenters. The zero-order valence-electron chi connectivity index (χ0n) is 9.56. The van der Waals surface area contributed by atoms with Gasteiger partial charge in [0.15, 0.2) is 0 Å². The molecule has 4 aromatic rings. The third kappa shape index (κ3) is 1.32. The van der Waals surface area contributed by atoms with Gasteiger partial charge < -0.3 is 4.40 Å². The minimum Gasteiger partial charge on any atom is -0.306 e. The summed E-state index contributed by atoms with van der Waals surface area (Å²) < 4.78 is 3.87. The maximum Gasteiger partial charge on any atom is 0.0991 e. The Morgan fingerprint density at radius 3 is 2.89 bits per heavy atom. The topological polar surface area (TPSA) is 34.6 Å². The van der Waals surface area contributed by atoms with Crippen LogP contribution in [0.5, 0.6) is 0 Å². The molecule has 0 N–H and O–H groups in total. The van der Waals surface area contributed by atoms with E-state index >= 15 is 0 Å². The molecule has 0 unspecified atom stereocenters. The van der Waals surface area contributed by atoms with E-state index in [1.165, 1.54) is 0 Å². The van der Waals surface area contributed by atoms with Crippen LogP contribution in [0.15, 0.2) is 61.3 Å². The first kappa shape index (κ1) is 9.41. The third-order valence-electron chi connectivity index (χ3n) is 3.08. The van der Waals surface area contributed by atoms with Crippen molar-refractivity contribution < 1.29 is 0 Å². The van der Waals surface area contributed by atoms with Crippen molar-refractivity contribution in [2.45, 2.75) is 0 Å². The van der Waals surface area contributed by atoms with Gasteiger partial charge in [-0.1, -0.05) is 6.07 Å². The number of imidazole rings is 1. The Morgan fingerprint density at radius 1 is 0.944 bits per heavy atom. The predicted octanol–water partition coefficient (Wildman–Crippen LogP) is 2.65. The molecule has 0 aromatic carbocycles. The van der Waals surface area contributed by atoms with E-state index in [1.807, 2.05) is 45.7 Å². The Morgan fingerprint density at radius 2 is 1.94 bits per heavy atom. The van der Waals surface area contributed by atoms with Crippen molar-refractivity contribution in [2.75, 3.05) is 0 Å². The minimum absolute atomic E-state index is 0.977. The SMILES string of the molecule is c1ccn2nc(-c3ccn4cncc4c3)cc2c1. The van der Waals surface area contributed by atoms with Crippen LogP contribution in [0, 0.1) is 0 Å². The lowest BCUT2D eigenvalue weighted by Crippen LogP contribution is -1.86. The molecule has 4 aromatic heterocycles. The summed E-state index contributed by atoms with van der Waals surface area (Å²) in [5.74, 6) is 0. The lowest BCUT2D eigenvalue weighted by molar-refractivity contribution is 0.965. The first-order valence-corrected chi connectivity index (χ1v) is 5.77. The van der Waals surface area contributed by atoms with Gasteiger partial charge in [0.1, 0.15) is 0 Å². The molecule has 0 aliphatic heterocycles. The molecule has 0 saturated heterocycles. The van der Waals surface area contributed by atoms with E-state index in [2.05, 4.69) is 28.3 Å². The summed E-state index contributed by atoms with van der Waals surface area (Å²) in [6, 6.07) is 12.3. The molecule has 4 heteroatoms. The van der Waals surface area contributed by atoms with Gasteiger partial charge in [-0.25, -0.2) is 9.50 Å². The van der Waals surface area contributed by atoms with Crippen molar-refractivity contribution in [3.05, 3.63) is 61.3 Å². The van der Waals surface area contributed by atoms with Gasteiger partial charge in [-0.05, 0) is 30.3 Å². The van der Waals surface area contributed by atoms with Gasteiger partial charge in [-0.15, -0.1) is 0 Å².